The molecule has 1 rings (SSSR count). The Hall–Kier alpha value is -0.640. The van der Waals surface area contributed by atoms with Gasteiger partial charge in [-0.2, -0.15) is 11.8 Å². The normalized spacial score (nSPS) is 24.9. The molecule has 0 aromatic rings. The number of amides is 2. The van der Waals surface area contributed by atoms with E-state index >= 15 is 0 Å². The minimum absolute atomic E-state index is 0.0650. The highest BCUT2D eigenvalue weighted by Gasteiger charge is 2.24. The average Bonchev–Trinajstić information content (AvgIpc) is 2.62. The van der Waals surface area contributed by atoms with Crippen LogP contribution in [0, 0.1) is 0 Å². The molecule has 0 bridgehead atoms. The molecule has 4 heteroatoms. The average molecular weight is 228 g/mol. The molecule has 1 saturated carbocycles. The largest absolute Gasteiger partial charge is 0.335 e. The Kier molecular flexibility index (Phi) is 5.02. The molecule has 1 aliphatic rings. The summed E-state index contributed by atoms with van der Waals surface area (Å²) in [4.78, 5) is 11.4. The van der Waals surface area contributed by atoms with E-state index in [0.29, 0.717) is 12.6 Å². The first-order valence-electron chi connectivity index (χ1n) is 5.33. The molecule has 2 unspecified atom stereocenters. The summed E-state index contributed by atoms with van der Waals surface area (Å²) in [6.45, 7) is 6.20. The van der Waals surface area contributed by atoms with Crippen molar-refractivity contribution in [3.05, 3.63) is 12.2 Å². The van der Waals surface area contributed by atoms with E-state index in [1.54, 1.807) is 0 Å². The van der Waals surface area contributed by atoms with Crippen molar-refractivity contribution in [1.29, 1.82) is 0 Å². The minimum Gasteiger partial charge on any atom is -0.335 e. The predicted molar refractivity (Wildman–Crippen MR) is 66.3 cm³/mol. The second-order valence-electron chi connectivity index (χ2n) is 4.15. The van der Waals surface area contributed by atoms with Crippen LogP contribution in [0.25, 0.3) is 0 Å². The summed E-state index contributed by atoms with van der Waals surface area (Å²) in [7, 11) is 0. The molecule has 0 aromatic heterocycles. The van der Waals surface area contributed by atoms with E-state index < -0.39 is 0 Å². The van der Waals surface area contributed by atoms with Gasteiger partial charge in [0.25, 0.3) is 0 Å². The van der Waals surface area contributed by atoms with Gasteiger partial charge in [0.05, 0.1) is 0 Å². The first kappa shape index (κ1) is 12.4. The summed E-state index contributed by atoms with van der Waals surface area (Å²) in [5.41, 5.74) is 0.971. The standard InChI is InChI=1S/C11H20N2OS/c1-8(2)7-12-11(14)13-9-4-5-10(6-9)15-3/h9-10H,1,4-7H2,2-3H3,(H2,12,13,14). The van der Waals surface area contributed by atoms with Gasteiger partial charge in [-0.1, -0.05) is 12.2 Å². The second kappa shape index (κ2) is 6.05. The van der Waals surface area contributed by atoms with Gasteiger partial charge < -0.3 is 10.6 Å². The molecule has 2 N–H and O–H groups in total. The van der Waals surface area contributed by atoms with Crippen LogP contribution >= 0.6 is 11.8 Å². The van der Waals surface area contributed by atoms with Gasteiger partial charge in [-0.3, -0.25) is 0 Å². The Labute approximate surface area is 96.1 Å². The fourth-order valence-corrected chi connectivity index (χ4v) is 2.55. The molecule has 0 radical (unpaired) electrons. The summed E-state index contributed by atoms with van der Waals surface area (Å²) in [5, 5.41) is 6.50. The third-order valence-electron chi connectivity index (χ3n) is 2.60. The molecular weight excluding hydrogens is 208 g/mol. The molecule has 2 atom stereocenters. The highest BCUT2D eigenvalue weighted by Crippen LogP contribution is 2.27. The number of nitrogens with one attached hydrogen (secondary N) is 2. The van der Waals surface area contributed by atoms with Crippen LogP contribution in [0.3, 0.4) is 0 Å². The predicted octanol–water partition coefficient (Wildman–Crippen LogP) is 2.15. The van der Waals surface area contributed by atoms with Gasteiger partial charge in [-0.15, -0.1) is 0 Å². The molecule has 0 spiro atoms. The Morgan fingerprint density at radius 3 is 2.80 bits per heavy atom. The molecule has 0 aromatic carbocycles. The number of rotatable bonds is 4. The smallest absolute Gasteiger partial charge is 0.315 e. The topological polar surface area (TPSA) is 41.1 Å². The number of thioether (sulfide) groups is 1. The van der Waals surface area contributed by atoms with E-state index in [2.05, 4.69) is 23.5 Å². The van der Waals surface area contributed by atoms with Gasteiger partial charge >= 0.3 is 6.03 Å². The summed E-state index contributed by atoms with van der Waals surface area (Å²) in [5.74, 6) is 0. The third kappa shape index (κ3) is 4.60. The lowest BCUT2D eigenvalue weighted by molar-refractivity contribution is 0.238. The summed E-state index contributed by atoms with van der Waals surface area (Å²) in [6.07, 6.45) is 5.55. The van der Waals surface area contributed by atoms with Crippen LogP contribution < -0.4 is 10.6 Å². The molecule has 0 heterocycles. The van der Waals surface area contributed by atoms with Crippen molar-refractivity contribution in [2.24, 2.45) is 0 Å². The summed E-state index contributed by atoms with van der Waals surface area (Å²) in [6, 6.07) is 0.289. The lowest BCUT2D eigenvalue weighted by Gasteiger charge is -2.13. The monoisotopic (exact) mass is 228 g/mol. The maximum absolute atomic E-state index is 11.4. The lowest BCUT2D eigenvalue weighted by Crippen LogP contribution is -2.41. The summed E-state index contributed by atoms with van der Waals surface area (Å²) >= 11 is 1.90. The molecule has 1 aliphatic carbocycles. The Morgan fingerprint density at radius 2 is 2.27 bits per heavy atom. The van der Waals surface area contributed by atoms with E-state index in [0.717, 1.165) is 23.7 Å². The Morgan fingerprint density at radius 1 is 1.53 bits per heavy atom. The van der Waals surface area contributed by atoms with E-state index in [4.69, 9.17) is 0 Å². The number of carbonyl (C=O) groups excluding carboxylic acids is 1. The minimum atomic E-state index is -0.0650. The lowest BCUT2D eigenvalue weighted by atomic mass is 10.2. The van der Waals surface area contributed by atoms with Crippen molar-refractivity contribution in [3.63, 3.8) is 0 Å². The van der Waals surface area contributed by atoms with Crippen molar-refractivity contribution in [3.8, 4) is 0 Å². The van der Waals surface area contributed by atoms with Crippen molar-refractivity contribution in [2.45, 2.75) is 37.5 Å². The van der Waals surface area contributed by atoms with Gasteiger partial charge in [0, 0.05) is 17.8 Å². The molecule has 0 aliphatic heterocycles. The van der Waals surface area contributed by atoms with Crippen LogP contribution in [-0.4, -0.2) is 30.1 Å². The molecule has 1 fully saturated rings. The fourth-order valence-electron chi connectivity index (χ4n) is 1.75. The highest BCUT2D eigenvalue weighted by atomic mass is 32.2. The van der Waals surface area contributed by atoms with Crippen molar-refractivity contribution in [2.75, 3.05) is 12.8 Å². The molecular formula is C11H20N2OS. The van der Waals surface area contributed by atoms with E-state index in [1.165, 1.54) is 6.42 Å². The second-order valence-corrected chi connectivity index (χ2v) is 5.29. The zero-order valence-electron chi connectivity index (χ0n) is 9.51. The molecule has 0 saturated heterocycles. The van der Waals surface area contributed by atoms with Crippen molar-refractivity contribution in [1.82, 2.24) is 10.6 Å². The van der Waals surface area contributed by atoms with Gasteiger partial charge in [0.2, 0.25) is 0 Å². The highest BCUT2D eigenvalue weighted by molar-refractivity contribution is 7.99. The van der Waals surface area contributed by atoms with E-state index in [-0.39, 0.29) is 6.03 Å². The van der Waals surface area contributed by atoms with Crippen molar-refractivity contribution >= 4 is 17.8 Å². The number of hydrogen-bond donors (Lipinski definition) is 2. The van der Waals surface area contributed by atoms with Crippen LogP contribution in [0.2, 0.25) is 0 Å². The first-order chi connectivity index (χ1) is 7.11. The molecule has 3 nitrogen and oxygen atoms in total. The van der Waals surface area contributed by atoms with E-state index in [9.17, 15) is 4.79 Å². The van der Waals surface area contributed by atoms with Crippen LogP contribution in [0.1, 0.15) is 26.2 Å². The van der Waals surface area contributed by atoms with Gasteiger partial charge in [-0.05, 0) is 32.4 Å². The SMILES string of the molecule is C=C(C)CNC(=O)NC1CCC(SC)C1. The van der Waals surface area contributed by atoms with E-state index in [1.807, 2.05) is 18.7 Å². The number of hydrogen-bond acceptors (Lipinski definition) is 2. The maximum Gasteiger partial charge on any atom is 0.315 e. The van der Waals surface area contributed by atoms with Gasteiger partial charge in [0.1, 0.15) is 0 Å². The Balaban J connectivity index is 2.18. The van der Waals surface area contributed by atoms with Crippen LogP contribution in [0.5, 0.6) is 0 Å². The van der Waals surface area contributed by atoms with Gasteiger partial charge in [0.15, 0.2) is 0 Å². The summed E-state index contributed by atoms with van der Waals surface area (Å²) < 4.78 is 0. The Bertz CT molecular complexity index is 243. The fraction of sp³-hybridized carbons (Fsp3) is 0.727. The van der Waals surface area contributed by atoms with Crippen molar-refractivity contribution < 1.29 is 4.79 Å². The quantitative estimate of drug-likeness (QED) is 0.724. The van der Waals surface area contributed by atoms with Gasteiger partial charge in [-0.25, -0.2) is 4.79 Å². The van der Waals surface area contributed by atoms with Crippen LogP contribution in [-0.2, 0) is 0 Å². The zero-order valence-corrected chi connectivity index (χ0v) is 10.3. The first-order valence-corrected chi connectivity index (χ1v) is 6.62. The van der Waals surface area contributed by atoms with Crippen LogP contribution in [0.15, 0.2) is 12.2 Å². The zero-order chi connectivity index (χ0) is 11.3. The molecule has 86 valence electrons. The number of urea groups is 1. The number of carbonyl (C=O) groups is 1. The molecule has 15 heavy (non-hydrogen) atoms. The third-order valence-corrected chi connectivity index (χ3v) is 3.70. The van der Waals surface area contributed by atoms with Crippen LogP contribution in [0.4, 0.5) is 4.79 Å². The molecule has 2 amide bonds. The maximum atomic E-state index is 11.4.